The van der Waals surface area contributed by atoms with Gasteiger partial charge in [-0.25, -0.2) is 0 Å². The molecule has 1 aliphatic rings. The molecule has 0 radical (unpaired) electrons. The maximum absolute atomic E-state index is 9.30. The molecule has 4 heteroatoms. The van der Waals surface area contributed by atoms with Gasteiger partial charge in [0, 0.05) is 17.5 Å². The lowest BCUT2D eigenvalue weighted by atomic mass is 10.2. The summed E-state index contributed by atoms with van der Waals surface area (Å²) in [6.45, 7) is 1.03. The summed E-state index contributed by atoms with van der Waals surface area (Å²) in [7, 11) is 0. The number of thiophene rings is 1. The van der Waals surface area contributed by atoms with Gasteiger partial charge in [-0.3, -0.25) is 4.68 Å². The summed E-state index contributed by atoms with van der Waals surface area (Å²) in [6, 6.07) is 4.06. The highest BCUT2D eigenvalue weighted by atomic mass is 32.1. The molecule has 1 fully saturated rings. The third kappa shape index (κ3) is 1.90. The zero-order valence-corrected chi connectivity index (χ0v) is 9.78. The Morgan fingerprint density at radius 1 is 1.50 bits per heavy atom. The molecule has 84 valence electrons. The second-order valence-corrected chi connectivity index (χ2v) is 5.10. The maximum atomic E-state index is 9.30. The van der Waals surface area contributed by atoms with Crippen molar-refractivity contribution in [3.8, 4) is 11.3 Å². The van der Waals surface area contributed by atoms with Crippen LogP contribution in [0, 0.1) is 5.92 Å². The second kappa shape index (κ2) is 4.03. The van der Waals surface area contributed by atoms with E-state index < -0.39 is 0 Å². The van der Waals surface area contributed by atoms with Crippen molar-refractivity contribution in [2.75, 3.05) is 0 Å². The predicted molar refractivity (Wildman–Crippen MR) is 64.2 cm³/mol. The standard InChI is InChI=1S/C12H14N2OS/c15-7-11-5-12(10-3-4-16-8-10)13-14(11)6-9-1-2-9/h3-5,8-9,15H,1-2,6-7H2. The Hall–Kier alpha value is -1.13. The van der Waals surface area contributed by atoms with Crippen LogP contribution >= 0.6 is 11.3 Å². The van der Waals surface area contributed by atoms with Crippen molar-refractivity contribution in [1.82, 2.24) is 9.78 Å². The lowest BCUT2D eigenvalue weighted by molar-refractivity contribution is 0.266. The number of hydrogen-bond donors (Lipinski definition) is 1. The molecule has 1 N–H and O–H groups in total. The van der Waals surface area contributed by atoms with Crippen LogP contribution in [0.3, 0.4) is 0 Å². The molecule has 3 nitrogen and oxygen atoms in total. The van der Waals surface area contributed by atoms with Crippen LogP contribution in [0.1, 0.15) is 18.5 Å². The first-order valence-corrected chi connectivity index (χ1v) is 6.51. The minimum atomic E-state index is 0.0733. The van der Waals surface area contributed by atoms with Gasteiger partial charge in [-0.2, -0.15) is 16.4 Å². The molecule has 0 aliphatic heterocycles. The molecule has 1 saturated carbocycles. The number of aliphatic hydroxyl groups excluding tert-OH is 1. The SMILES string of the molecule is OCc1cc(-c2ccsc2)nn1CC1CC1. The molecule has 0 amide bonds. The highest BCUT2D eigenvalue weighted by Crippen LogP contribution is 2.31. The van der Waals surface area contributed by atoms with Crippen LogP contribution in [0.15, 0.2) is 22.9 Å². The van der Waals surface area contributed by atoms with E-state index in [-0.39, 0.29) is 6.61 Å². The quantitative estimate of drug-likeness (QED) is 0.882. The summed E-state index contributed by atoms with van der Waals surface area (Å²) in [4.78, 5) is 0. The first-order chi connectivity index (χ1) is 7.86. The Bertz CT molecular complexity index is 471. The van der Waals surface area contributed by atoms with Crippen molar-refractivity contribution >= 4 is 11.3 Å². The fraction of sp³-hybridized carbons (Fsp3) is 0.417. The van der Waals surface area contributed by atoms with Crippen molar-refractivity contribution in [2.45, 2.75) is 26.0 Å². The molecule has 2 aromatic rings. The molecule has 16 heavy (non-hydrogen) atoms. The van der Waals surface area contributed by atoms with E-state index in [2.05, 4.69) is 16.5 Å². The monoisotopic (exact) mass is 234 g/mol. The Labute approximate surface area is 98.3 Å². The average Bonchev–Trinajstić information content (AvgIpc) is 2.83. The molecule has 1 aliphatic carbocycles. The van der Waals surface area contributed by atoms with E-state index in [1.807, 2.05) is 16.1 Å². The van der Waals surface area contributed by atoms with Crippen molar-refractivity contribution in [1.29, 1.82) is 0 Å². The number of aliphatic hydroxyl groups is 1. The zero-order valence-electron chi connectivity index (χ0n) is 8.97. The summed E-state index contributed by atoms with van der Waals surface area (Å²) < 4.78 is 1.96. The van der Waals surface area contributed by atoms with Gasteiger partial charge in [-0.15, -0.1) is 0 Å². The number of aromatic nitrogens is 2. The molecule has 3 rings (SSSR count). The fourth-order valence-corrected chi connectivity index (χ4v) is 2.49. The minimum Gasteiger partial charge on any atom is -0.390 e. The summed E-state index contributed by atoms with van der Waals surface area (Å²) in [5.74, 6) is 0.778. The smallest absolute Gasteiger partial charge is 0.0935 e. The second-order valence-electron chi connectivity index (χ2n) is 4.32. The van der Waals surface area contributed by atoms with Crippen LogP contribution in [0.2, 0.25) is 0 Å². The lowest BCUT2D eigenvalue weighted by Crippen LogP contribution is -2.06. The van der Waals surface area contributed by atoms with Gasteiger partial charge < -0.3 is 5.11 Å². The summed E-state index contributed by atoms with van der Waals surface area (Å²) >= 11 is 1.67. The highest BCUT2D eigenvalue weighted by Gasteiger charge is 2.23. The van der Waals surface area contributed by atoms with E-state index in [9.17, 15) is 5.11 Å². The van der Waals surface area contributed by atoms with E-state index in [0.29, 0.717) is 0 Å². The first-order valence-electron chi connectivity index (χ1n) is 5.57. The van der Waals surface area contributed by atoms with Crippen LogP contribution in [0.5, 0.6) is 0 Å². The van der Waals surface area contributed by atoms with Crippen molar-refractivity contribution in [3.63, 3.8) is 0 Å². The van der Waals surface area contributed by atoms with E-state index in [1.165, 1.54) is 12.8 Å². The normalized spacial score (nSPS) is 15.6. The summed E-state index contributed by atoms with van der Waals surface area (Å²) in [6.07, 6.45) is 2.61. The molecule has 2 heterocycles. The van der Waals surface area contributed by atoms with Crippen molar-refractivity contribution in [2.24, 2.45) is 5.92 Å². The first kappa shape index (κ1) is 10.1. The molecule has 0 saturated heterocycles. The van der Waals surface area contributed by atoms with Gasteiger partial charge in [0.25, 0.3) is 0 Å². The maximum Gasteiger partial charge on any atom is 0.0935 e. The predicted octanol–water partition coefficient (Wildman–Crippen LogP) is 2.51. The fourth-order valence-electron chi connectivity index (χ4n) is 1.84. The van der Waals surface area contributed by atoms with Crippen LogP contribution in [-0.2, 0) is 13.2 Å². The average molecular weight is 234 g/mol. The van der Waals surface area contributed by atoms with Crippen LogP contribution in [-0.4, -0.2) is 14.9 Å². The van der Waals surface area contributed by atoms with Gasteiger partial charge in [-0.05, 0) is 36.3 Å². The van der Waals surface area contributed by atoms with Gasteiger partial charge in [-0.1, -0.05) is 0 Å². The van der Waals surface area contributed by atoms with Gasteiger partial charge in [0.2, 0.25) is 0 Å². The summed E-state index contributed by atoms with van der Waals surface area (Å²) in [5, 5.41) is 18.0. The van der Waals surface area contributed by atoms with E-state index >= 15 is 0 Å². The molecular formula is C12H14N2OS. The number of nitrogens with zero attached hydrogens (tertiary/aromatic N) is 2. The zero-order chi connectivity index (χ0) is 11.0. The van der Waals surface area contributed by atoms with Gasteiger partial charge >= 0.3 is 0 Å². The topological polar surface area (TPSA) is 38.1 Å². The highest BCUT2D eigenvalue weighted by molar-refractivity contribution is 7.08. The Morgan fingerprint density at radius 2 is 2.38 bits per heavy atom. The molecule has 0 aromatic carbocycles. The van der Waals surface area contributed by atoms with Crippen molar-refractivity contribution in [3.05, 3.63) is 28.6 Å². The van der Waals surface area contributed by atoms with E-state index in [4.69, 9.17) is 0 Å². The Kier molecular flexibility index (Phi) is 2.53. The molecule has 0 atom stereocenters. The van der Waals surface area contributed by atoms with E-state index in [0.717, 1.165) is 29.4 Å². The van der Waals surface area contributed by atoms with Crippen molar-refractivity contribution < 1.29 is 5.11 Å². The Morgan fingerprint density at radius 3 is 3.00 bits per heavy atom. The van der Waals surface area contributed by atoms with Crippen LogP contribution in [0.25, 0.3) is 11.3 Å². The van der Waals surface area contributed by atoms with Crippen LogP contribution in [0.4, 0.5) is 0 Å². The molecular weight excluding hydrogens is 220 g/mol. The molecule has 0 bridgehead atoms. The molecule has 2 aromatic heterocycles. The third-order valence-electron chi connectivity index (χ3n) is 2.97. The number of rotatable bonds is 4. The Balaban J connectivity index is 1.91. The van der Waals surface area contributed by atoms with Gasteiger partial charge in [0.1, 0.15) is 0 Å². The third-order valence-corrected chi connectivity index (χ3v) is 3.65. The molecule has 0 spiro atoms. The minimum absolute atomic E-state index is 0.0733. The van der Waals surface area contributed by atoms with Crippen LogP contribution < -0.4 is 0 Å². The van der Waals surface area contributed by atoms with Gasteiger partial charge in [0.15, 0.2) is 0 Å². The van der Waals surface area contributed by atoms with Gasteiger partial charge in [0.05, 0.1) is 18.0 Å². The molecule has 0 unspecified atom stereocenters. The number of hydrogen-bond acceptors (Lipinski definition) is 3. The lowest BCUT2D eigenvalue weighted by Gasteiger charge is -2.02. The largest absolute Gasteiger partial charge is 0.390 e. The van der Waals surface area contributed by atoms with E-state index in [1.54, 1.807) is 11.3 Å². The summed E-state index contributed by atoms with van der Waals surface area (Å²) in [5.41, 5.74) is 3.05.